The number of carbonyl (C=O) groups excluding carboxylic acids is 1. The second-order valence-electron chi connectivity index (χ2n) is 8.64. The number of anilines is 1. The summed E-state index contributed by atoms with van der Waals surface area (Å²) in [5, 5.41) is 13.9. The highest BCUT2D eigenvalue weighted by atomic mass is 35.5. The first kappa shape index (κ1) is 26.5. The van der Waals surface area contributed by atoms with E-state index in [9.17, 15) is 4.79 Å². The van der Waals surface area contributed by atoms with Crippen LogP contribution < -0.4 is 10.1 Å². The molecule has 7 nitrogen and oxygen atoms in total. The Bertz CT molecular complexity index is 1620. The topological polar surface area (TPSA) is 81.9 Å². The monoisotopic (exact) mass is 583 g/mol. The van der Waals surface area contributed by atoms with E-state index < -0.39 is 6.10 Å². The Balaban J connectivity index is 1.17. The maximum absolute atomic E-state index is 12.6. The molecule has 1 unspecified atom stereocenters. The number of halogens is 2. The standard InChI is InChI=1S/C27H23Cl2N5O2S2/c1-15-4-10-21-23(12-15)38-26(31-21)17-5-8-19(9-6-17)30-24(35)14-37-27-33-32-25(34(27)3)16(2)36-22-11-7-18(28)13-20(22)29/h4-13,16H,14H2,1-3H3,(H,30,35). The minimum Gasteiger partial charge on any atom is -0.481 e. The van der Waals surface area contributed by atoms with Crippen LogP contribution in [0.1, 0.15) is 24.4 Å². The van der Waals surface area contributed by atoms with Crippen LogP contribution in [0.5, 0.6) is 5.75 Å². The molecule has 1 N–H and O–H groups in total. The lowest BCUT2D eigenvalue weighted by Crippen LogP contribution is -2.14. The molecule has 0 fully saturated rings. The molecule has 0 saturated carbocycles. The smallest absolute Gasteiger partial charge is 0.234 e. The van der Waals surface area contributed by atoms with Gasteiger partial charge in [0.25, 0.3) is 0 Å². The molecule has 1 atom stereocenters. The second kappa shape index (κ2) is 11.3. The fraction of sp³-hybridized carbons (Fsp3) is 0.185. The van der Waals surface area contributed by atoms with Crippen LogP contribution in [-0.4, -0.2) is 31.4 Å². The van der Waals surface area contributed by atoms with Crippen LogP contribution >= 0.6 is 46.3 Å². The van der Waals surface area contributed by atoms with Crippen molar-refractivity contribution in [3.05, 3.63) is 82.1 Å². The first-order valence-electron chi connectivity index (χ1n) is 11.7. The number of amides is 1. The zero-order chi connectivity index (χ0) is 26.8. The number of nitrogens with zero attached hydrogens (tertiary/aromatic N) is 4. The number of aryl methyl sites for hydroxylation is 1. The van der Waals surface area contributed by atoms with E-state index in [0.717, 1.165) is 26.5 Å². The summed E-state index contributed by atoms with van der Waals surface area (Å²) in [6, 6.07) is 19.0. The van der Waals surface area contributed by atoms with Gasteiger partial charge in [-0.05, 0) is 74.0 Å². The number of aromatic nitrogens is 4. The highest BCUT2D eigenvalue weighted by molar-refractivity contribution is 7.99. The van der Waals surface area contributed by atoms with Crippen molar-refractivity contribution in [1.82, 2.24) is 19.7 Å². The molecule has 0 saturated heterocycles. The van der Waals surface area contributed by atoms with Crippen molar-refractivity contribution in [1.29, 1.82) is 0 Å². The summed E-state index contributed by atoms with van der Waals surface area (Å²) < 4.78 is 8.91. The molecule has 0 aliphatic heterocycles. The lowest BCUT2D eigenvalue weighted by Gasteiger charge is -2.15. The summed E-state index contributed by atoms with van der Waals surface area (Å²) in [5.41, 5.74) is 3.94. The largest absolute Gasteiger partial charge is 0.481 e. The summed E-state index contributed by atoms with van der Waals surface area (Å²) in [4.78, 5) is 17.3. The van der Waals surface area contributed by atoms with Crippen LogP contribution in [0.15, 0.2) is 65.8 Å². The fourth-order valence-corrected chi connectivity index (χ4v) is 6.04. The molecule has 0 bridgehead atoms. The summed E-state index contributed by atoms with van der Waals surface area (Å²) in [5.74, 6) is 1.16. The predicted molar refractivity (Wildman–Crippen MR) is 156 cm³/mol. The molecule has 0 spiro atoms. The van der Waals surface area contributed by atoms with E-state index in [1.807, 2.05) is 44.3 Å². The molecule has 194 valence electrons. The van der Waals surface area contributed by atoms with Gasteiger partial charge in [-0.15, -0.1) is 21.5 Å². The molecule has 2 heterocycles. The molecule has 0 aliphatic carbocycles. The molecule has 0 radical (unpaired) electrons. The Labute approximate surface area is 238 Å². The average molecular weight is 585 g/mol. The van der Waals surface area contributed by atoms with Crippen LogP contribution in [-0.2, 0) is 11.8 Å². The van der Waals surface area contributed by atoms with Gasteiger partial charge in [0.2, 0.25) is 5.91 Å². The van der Waals surface area contributed by atoms with Crippen LogP contribution in [0.4, 0.5) is 5.69 Å². The maximum atomic E-state index is 12.6. The maximum Gasteiger partial charge on any atom is 0.234 e. The molecule has 1 amide bonds. The van der Waals surface area contributed by atoms with Gasteiger partial charge in [-0.2, -0.15) is 0 Å². The van der Waals surface area contributed by atoms with Gasteiger partial charge in [0.1, 0.15) is 10.8 Å². The third-order valence-electron chi connectivity index (χ3n) is 5.72. The van der Waals surface area contributed by atoms with Crippen molar-refractivity contribution >= 4 is 68.1 Å². The molecular formula is C27H23Cl2N5O2S2. The van der Waals surface area contributed by atoms with Crippen LogP contribution in [0.3, 0.4) is 0 Å². The van der Waals surface area contributed by atoms with Crippen LogP contribution in [0, 0.1) is 6.92 Å². The van der Waals surface area contributed by atoms with Crippen molar-refractivity contribution in [2.24, 2.45) is 7.05 Å². The number of hydrogen-bond acceptors (Lipinski definition) is 7. The van der Waals surface area contributed by atoms with Crippen molar-refractivity contribution in [2.45, 2.75) is 25.1 Å². The van der Waals surface area contributed by atoms with E-state index in [1.165, 1.54) is 17.3 Å². The second-order valence-corrected chi connectivity index (χ2v) is 11.5. The van der Waals surface area contributed by atoms with Crippen LogP contribution in [0.25, 0.3) is 20.8 Å². The number of hydrogen-bond donors (Lipinski definition) is 1. The zero-order valence-electron chi connectivity index (χ0n) is 20.7. The van der Waals surface area contributed by atoms with Gasteiger partial charge in [0.05, 0.1) is 21.0 Å². The minimum absolute atomic E-state index is 0.139. The third-order valence-corrected chi connectivity index (χ3v) is 8.34. The Kier molecular flexibility index (Phi) is 7.90. The molecule has 2 aromatic heterocycles. The van der Waals surface area contributed by atoms with Crippen molar-refractivity contribution in [3.63, 3.8) is 0 Å². The molecule has 5 rings (SSSR count). The van der Waals surface area contributed by atoms with Crippen molar-refractivity contribution in [2.75, 3.05) is 11.1 Å². The van der Waals surface area contributed by atoms with E-state index in [4.69, 9.17) is 32.9 Å². The number of ether oxygens (including phenoxy) is 1. The molecular weight excluding hydrogens is 561 g/mol. The number of rotatable bonds is 8. The summed E-state index contributed by atoms with van der Waals surface area (Å²) >= 11 is 15.1. The Morgan fingerprint density at radius 2 is 1.89 bits per heavy atom. The van der Waals surface area contributed by atoms with Gasteiger partial charge in [-0.25, -0.2) is 4.98 Å². The third kappa shape index (κ3) is 5.96. The van der Waals surface area contributed by atoms with Gasteiger partial charge in [-0.3, -0.25) is 4.79 Å². The molecule has 3 aromatic carbocycles. The lowest BCUT2D eigenvalue weighted by molar-refractivity contribution is -0.113. The highest BCUT2D eigenvalue weighted by Gasteiger charge is 2.19. The summed E-state index contributed by atoms with van der Waals surface area (Å²) in [6.45, 7) is 3.93. The van der Waals surface area contributed by atoms with E-state index in [1.54, 1.807) is 34.1 Å². The first-order valence-corrected chi connectivity index (χ1v) is 14.2. The summed E-state index contributed by atoms with van der Waals surface area (Å²) in [6.07, 6.45) is -0.410. The van der Waals surface area contributed by atoms with Gasteiger partial charge < -0.3 is 14.6 Å². The lowest BCUT2D eigenvalue weighted by atomic mass is 10.2. The summed E-state index contributed by atoms with van der Waals surface area (Å²) in [7, 11) is 1.83. The number of thiazole rings is 1. The number of carbonyl (C=O) groups is 1. The van der Waals surface area contributed by atoms with Gasteiger partial charge in [0.15, 0.2) is 17.1 Å². The Hall–Kier alpha value is -3.11. The van der Waals surface area contributed by atoms with E-state index in [0.29, 0.717) is 26.8 Å². The molecule has 0 aliphatic rings. The minimum atomic E-state index is -0.410. The Morgan fingerprint density at radius 3 is 2.66 bits per heavy atom. The van der Waals surface area contributed by atoms with Crippen molar-refractivity contribution < 1.29 is 9.53 Å². The van der Waals surface area contributed by atoms with Crippen molar-refractivity contribution in [3.8, 4) is 16.3 Å². The number of thioether (sulfide) groups is 1. The number of fused-ring (bicyclic) bond motifs is 1. The molecule has 5 aromatic rings. The number of nitrogens with one attached hydrogen (secondary N) is 1. The molecule has 11 heteroatoms. The van der Waals surface area contributed by atoms with Crippen LogP contribution in [0.2, 0.25) is 10.0 Å². The van der Waals surface area contributed by atoms with E-state index in [2.05, 4.69) is 34.6 Å². The Morgan fingerprint density at radius 1 is 1.11 bits per heavy atom. The quantitative estimate of drug-likeness (QED) is 0.190. The number of benzene rings is 3. The normalized spacial score (nSPS) is 12.0. The van der Waals surface area contributed by atoms with Gasteiger partial charge in [-0.1, -0.05) is 41.0 Å². The van der Waals surface area contributed by atoms with E-state index in [-0.39, 0.29) is 11.7 Å². The zero-order valence-corrected chi connectivity index (χ0v) is 23.9. The highest BCUT2D eigenvalue weighted by Crippen LogP contribution is 2.33. The predicted octanol–water partition coefficient (Wildman–Crippen LogP) is 7.58. The average Bonchev–Trinajstić information content (AvgIpc) is 3.47. The SMILES string of the molecule is Cc1ccc2nc(-c3ccc(NC(=O)CSc4nnc(C(C)Oc5ccc(Cl)cc5Cl)n4C)cc3)sc2c1. The molecule has 38 heavy (non-hydrogen) atoms. The van der Waals surface area contributed by atoms with E-state index >= 15 is 0 Å². The fourth-order valence-electron chi connectivity index (χ4n) is 3.80. The van der Waals surface area contributed by atoms with Gasteiger partial charge >= 0.3 is 0 Å². The van der Waals surface area contributed by atoms with Gasteiger partial charge in [0, 0.05) is 23.3 Å². The first-order chi connectivity index (χ1) is 18.3.